The Balaban J connectivity index is 1.98. The number of carbonyl (C=O) groups is 2. The first-order chi connectivity index (χ1) is 16.4. The SMILES string of the molecule is COc1ccc(C2/C(=C(\O)c3ccccc3)C(=O)C(=O)N2c2cccc([N+](=O)[O-])c2)cc1OC. The first-order valence-corrected chi connectivity index (χ1v) is 10.2. The van der Waals surface area contributed by atoms with Crippen molar-refractivity contribution in [3.8, 4) is 11.5 Å². The molecule has 172 valence electrons. The van der Waals surface area contributed by atoms with Crippen LogP contribution in [0.15, 0.2) is 78.4 Å². The van der Waals surface area contributed by atoms with Gasteiger partial charge in [-0.3, -0.25) is 24.6 Å². The van der Waals surface area contributed by atoms with E-state index in [1.54, 1.807) is 48.5 Å². The number of nitro groups is 1. The average Bonchev–Trinajstić information content (AvgIpc) is 3.13. The molecule has 9 nitrogen and oxygen atoms in total. The predicted molar refractivity (Wildman–Crippen MR) is 124 cm³/mol. The second-order valence-electron chi connectivity index (χ2n) is 7.43. The molecule has 4 rings (SSSR count). The molecule has 1 amide bonds. The van der Waals surface area contributed by atoms with E-state index in [0.717, 1.165) is 4.90 Å². The molecule has 34 heavy (non-hydrogen) atoms. The van der Waals surface area contributed by atoms with Gasteiger partial charge in [0.25, 0.3) is 17.4 Å². The Morgan fingerprint density at radius 2 is 1.65 bits per heavy atom. The summed E-state index contributed by atoms with van der Waals surface area (Å²) in [6, 6.07) is 17.6. The molecule has 3 aromatic rings. The van der Waals surface area contributed by atoms with Gasteiger partial charge < -0.3 is 14.6 Å². The Bertz CT molecular complexity index is 1320. The second kappa shape index (κ2) is 9.07. The standard InChI is InChI=1S/C25H20N2O7/c1-33-19-12-11-16(13-20(19)34-2)22-21(23(28)15-7-4-3-5-8-15)24(29)25(30)26(22)17-9-6-10-18(14-17)27(31)32/h3-14,22,28H,1-2H3/b23-21+. The molecule has 1 heterocycles. The Morgan fingerprint density at radius 3 is 2.29 bits per heavy atom. The number of amides is 1. The van der Waals surface area contributed by atoms with E-state index in [-0.39, 0.29) is 22.7 Å². The minimum Gasteiger partial charge on any atom is -0.507 e. The quantitative estimate of drug-likeness (QED) is 0.192. The molecule has 0 bridgehead atoms. The number of hydrogen-bond acceptors (Lipinski definition) is 7. The lowest BCUT2D eigenvalue weighted by Gasteiger charge is -2.26. The lowest BCUT2D eigenvalue weighted by molar-refractivity contribution is -0.384. The molecule has 1 unspecified atom stereocenters. The number of benzene rings is 3. The summed E-state index contributed by atoms with van der Waals surface area (Å²) in [5, 5.41) is 22.4. The third-order valence-electron chi connectivity index (χ3n) is 5.53. The fraction of sp³-hybridized carbons (Fsp3) is 0.120. The summed E-state index contributed by atoms with van der Waals surface area (Å²) in [4.78, 5) is 38.3. The molecule has 9 heteroatoms. The molecule has 0 aliphatic carbocycles. The van der Waals surface area contributed by atoms with Crippen molar-refractivity contribution < 1.29 is 29.1 Å². The maximum absolute atomic E-state index is 13.2. The van der Waals surface area contributed by atoms with Gasteiger partial charge in [0.15, 0.2) is 11.5 Å². The van der Waals surface area contributed by atoms with Gasteiger partial charge in [-0.1, -0.05) is 42.5 Å². The van der Waals surface area contributed by atoms with E-state index >= 15 is 0 Å². The molecule has 0 aromatic heterocycles. The molecule has 1 aliphatic rings. The number of Topliss-reactive ketones (excluding diaryl/α,β-unsaturated/α-hetero) is 1. The van der Waals surface area contributed by atoms with Gasteiger partial charge in [-0.05, 0) is 23.8 Å². The zero-order chi connectivity index (χ0) is 24.4. The summed E-state index contributed by atoms with van der Waals surface area (Å²) in [5.74, 6) is -1.40. The first-order valence-electron chi connectivity index (χ1n) is 10.2. The minimum absolute atomic E-state index is 0.142. The van der Waals surface area contributed by atoms with Crippen LogP contribution in [0.1, 0.15) is 17.2 Å². The van der Waals surface area contributed by atoms with E-state index in [9.17, 15) is 24.8 Å². The number of non-ortho nitro benzene ring substituents is 1. The first kappa shape index (κ1) is 22.5. The normalized spacial score (nSPS) is 17.0. The molecule has 1 fully saturated rings. The Morgan fingerprint density at radius 1 is 0.941 bits per heavy atom. The predicted octanol–water partition coefficient (Wildman–Crippen LogP) is 4.24. The number of hydrogen-bond donors (Lipinski definition) is 1. The maximum atomic E-state index is 13.2. The molecule has 1 atom stereocenters. The van der Waals surface area contributed by atoms with Crippen molar-refractivity contribution in [3.63, 3.8) is 0 Å². The van der Waals surface area contributed by atoms with Gasteiger partial charge in [0.1, 0.15) is 5.76 Å². The number of aliphatic hydroxyl groups excluding tert-OH is 1. The summed E-state index contributed by atoms with van der Waals surface area (Å²) >= 11 is 0. The molecule has 0 spiro atoms. The fourth-order valence-corrected chi connectivity index (χ4v) is 3.95. The molecule has 0 radical (unpaired) electrons. The average molecular weight is 460 g/mol. The van der Waals surface area contributed by atoms with Crippen molar-refractivity contribution in [2.24, 2.45) is 0 Å². The van der Waals surface area contributed by atoms with Gasteiger partial charge in [0.05, 0.1) is 36.4 Å². The number of nitrogens with zero attached hydrogens (tertiary/aromatic N) is 2. The fourth-order valence-electron chi connectivity index (χ4n) is 3.95. The minimum atomic E-state index is -1.07. The molecular formula is C25H20N2O7. The number of anilines is 1. The topological polar surface area (TPSA) is 119 Å². The second-order valence-corrected chi connectivity index (χ2v) is 7.43. The van der Waals surface area contributed by atoms with Crippen LogP contribution in [-0.2, 0) is 9.59 Å². The largest absolute Gasteiger partial charge is 0.507 e. The van der Waals surface area contributed by atoms with Crippen LogP contribution >= 0.6 is 0 Å². The Hall–Kier alpha value is -4.66. The van der Waals surface area contributed by atoms with Crippen LogP contribution in [0, 0.1) is 10.1 Å². The smallest absolute Gasteiger partial charge is 0.300 e. The van der Waals surface area contributed by atoms with Gasteiger partial charge in [0, 0.05) is 17.7 Å². The zero-order valence-corrected chi connectivity index (χ0v) is 18.3. The lowest BCUT2D eigenvalue weighted by Crippen LogP contribution is -2.29. The van der Waals surface area contributed by atoms with Crippen molar-refractivity contribution in [2.45, 2.75) is 6.04 Å². The highest BCUT2D eigenvalue weighted by Crippen LogP contribution is 2.44. The number of ether oxygens (including phenoxy) is 2. The van der Waals surface area contributed by atoms with E-state index in [2.05, 4.69) is 0 Å². The van der Waals surface area contributed by atoms with E-state index in [1.165, 1.54) is 38.5 Å². The highest BCUT2D eigenvalue weighted by Gasteiger charge is 2.47. The van der Waals surface area contributed by atoms with Crippen LogP contribution in [0.5, 0.6) is 11.5 Å². The van der Waals surface area contributed by atoms with Gasteiger partial charge in [-0.25, -0.2) is 0 Å². The molecule has 1 aliphatic heterocycles. The molecule has 1 saturated heterocycles. The van der Waals surface area contributed by atoms with Crippen molar-refractivity contribution >= 4 is 28.8 Å². The van der Waals surface area contributed by atoms with Gasteiger partial charge in [-0.2, -0.15) is 0 Å². The maximum Gasteiger partial charge on any atom is 0.300 e. The van der Waals surface area contributed by atoms with Crippen LogP contribution in [0.3, 0.4) is 0 Å². The molecule has 1 N–H and O–H groups in total. The number of carbonyl (C=O) groups excluding carboxylic acids is 2. The number of aliphatic hydroxyl groups is 1. The highest BCUT2D eigenvalue weighted by atomic mass is 16.6. The van der Waals surface area contributed by atoms with E-state index in [0.29, 0.717) is 22.6 Å². The van der Waals surface area contributed by atoms with E-state index in [4.69, 9.17) is 9.47 Å². The lowest BCUT2D eigenvalue weighted by atomic mass is 9.94. The van der Waals surface area contributed by atoms with Crippen LogP contribution in [0.4, 0.5) is 11.4 Å². The summed E-state index contributed by atoms with van der Waals surface area (Å²) in [7, 11) is 2.92. The summed E-state index contributed by atoms with van der Waals surface area (Å²) in [6.07, 6.45) is 0. The Labute approximate surface area is 194 Å². The van der Waals surface area contributed by atoms with Gasteiger partial charge in [-0.15, -0.1) is 0 Å². The van der Waals surface area contributed by atoms with E-state index in [1.807, 2.05) is 0 Å². The van der Waals surface area contributed by atoms with Gasteiger partial charge in [0.2, 0.25) is 0 Å². The van der Waals surface area contributed by atoms with Crippen molar-refractivity contribution in [1.29, 1.82) is 0 Å². The van der Waals surface area contributed by atoms with Crippen LogP contribution in [0.25, 0.3) is 5.76 Å². The number of methoxy groups -OCH3 is 2. The van der Waals surface area contributed by atoms with Crippen molar-refractivity contribution in [1.82, 2.24) is 0 Å². The van der Waals surface area contributed by atoms with Crippen molar-refractivity contribution in [2.75, 3.05) is 19.1 Å². The molecule has 3 aromatic carbocycles. The molecule has 0 saturated carbocycles. The summed E-state index contributed by atoms with van der Waals surface area (Å²) < 4.78 is 10.7. The van der Waals surface area contributed by atoms with Crippen LogP contribution < -0.4 is 14.4 Å². The van der Waals surface area contributed by atoms with Gasteiger partial charge >= 0.3 is 0 Å². The summed E-state index contributed by atoms with van der Waals surface area (Å²) in [6.45, 7) is 0. The third kappa shape index (κ3) is 3.83. The number of ketones is 1. The zero-order valence-electron chi connectivity index (χ0n) is 18.3. The monoisotopic (exact) mass is 460 g/mol. The Kier molecular flexibility index (Phi) is 6.01. The van der Waals surface area contributed by atoms with E-state index < -0.39 is 22.7 Å². The van der Waals surface area contributed by atoms with Crippen molar-refractivity contribution in [3.05, 3.63) is 99.6 Å². The van der Waals surface area contributed by atoms with Crippen LogP contribution in [-0.4, -0.2) is 35.9 Å². The number of rotatable bonds is 6. The third-order valence-corrected chi connectivity index (χ3v) is 5.53. The highest BCUT2D eigenvalue weighted by molar-refractivity contribution is 6.51. The number of nitro benzene ring substituents is 1. The molecular weight excluding hydrogens is 440 g/mol. The summed E-state index contributed by atoms with van der Waals surface area (Å²) in [5.41, 5.74) is 0.553. The van der Waals surface area contributed by atoms with Crippen LogP contribution in [0.2, 0.25) is 0 Å².